The van der Waals surface area contributed by atoms with Gasteiger partial charge in [-0.1, -0.05) is 18.2 Å². The molecule has 8 heteroatoms. The molecule has 2 heterocycles. The maximum Gasteiger partial charge on any atom is 0.331 e. The number of furan rings is 1. The molecule has 3 rings (SSSR count). The number of rotatable bonds is 6. The molecule has 29 heavy (non-hydrogen) atoms. The SMILES string of the molecule is Cc1c(NC(=O)[C@H](C)OC(=O)/C=C/c2ccco2)c(=O)n(-c2ccccc2)n1C. The van der Waals surface area contributed by atoms with Gasteiger partial charge in [-0.25, -0.2) is 9.48 Å². The van der Waals surface area contributed by atoms with E-state index in [2.05, 4.69) is 5.32 Å². The summed E-state index contributed by atoms with van der Waals surface area (Å²) in [5.41, 5.74) is 1.01. The monoisotopic (exact) mass is 395 g/mol. The Bertz CT molecular complexity index is 1090. The molecule has 1 N–H and O–H groups in total. The van der Waals surface area contributed by atoms with Crippen LogP contribution in [0, 0.1) is 6.92 Å². The van der Waals surface area contributed by atoms with Gasteiger partial charge in [0.05, 0.1) is 17.6 Å². The van der Waals surface area contributed by atoms with Crippen molar-refractivity contribution in [1.29, 1.82) is 0 Å². The molecule has 1 aromatic carbocycles. The fourth-order valence-electron chi connectivity index (χ4n) is 2.74. The first kappa shape index (κ1) is 19.9. The summed E-state index contributed by atoms with van der Waals surface area (Å²) < 4.78 is 13.3. The van der Waals surface area contributed by atoms with E-state index in [0.29, 0.717) is 17.1 Å². The molecule has 2 aromatic heterocycles. The van der Waals surface area contributed by atoms with Crippen molar-refractivity contribution in [1.82, 2.24) is 9.36 Å². The molecular formula is C21H21N3O5. The van der Waals surface area contributed by atoms with E-state index in [1.165, 1.54) is 30.0 Å². The Labute approximate surface area is 167 Å². The average Bonchev–Trinajstić information content (AvgIpc) is 3.30. The normalized spacial score (nSPS) is 12.1. The first-order chi connectivity index (χ1) is 13.9. The summed E-state index contributed by atoms with van der Waals surface area (Å²) in [6.07, 6.45) is 2.99. The molecule has 0 saturated heterocycles. The molecule has 0 fully saturated rings. The number of hydrogen-bond donors (Lipinski definition) is 1. The van der Waals surface area contributed by atoms with Crippen LogP contribution in [-0.2, 0) is 21.4 Å². The number of ether oxygens (including phenoxy) is 1. The first-order valence-electron chi connectivity index (χ1n) is 8.95. The summed E-state index contributed by atoms with van der Waals surface area (Å²) in [5, 5.41) is 2.57. The lowest BCUT2D eigenvalue weighted by Gasteiger charge is -2.11. The zero-order valence-corrected chi connectivity index (χ0v) is 16.3. The average molecular weight is 395 g/mol. The Kier molecular flexibility index (Phi) is 5.82. The molecule has 1 amide bonds. The number of amides is 1. The number of carbonyl (C=O) groups excluding carboxylic acids is 2. The van der Waals surface area contributed by atoms with Crippen LogP contribution in [0.5, 0.6) is 0 Å². The molecule has 0 radical (unpaired) electrons. The second-order valence-corrected chi connectivity index (χ2v) is 6.35. The third-order valence-electron chi connectivity index (χ3n) is 4.39. The van der Waals surface area contributed by atoms with Crippen molar-refractivity contribution in [2.45, 2.75) is 20.0 Å². The quantitative estimate of drug-likeness (QED) is 0.511. The van der Waals surface area contributed by atoms with Gasteiger partial charge in [0.15, 0.2) is 6.10 Å². The number of aromatic nitrogens is 2. The van der Waals surface area contributed by atoms with Crippen molar-refractivity contribution in [3.8, 4) is 5.69 Å². The van der Waals surface area contributed by atoms with Crippen LogP contribution in [0.2, 0.25) is 0 Å². The molecule has 0 aliphatic carbocycles. The highest BCUT2D eigenvalue weighted by Gasteiger charge is 2.22. The van der Waals surface area contributed by atoms with E-state index in [0.717, 1.165) is 0 Å². The van der Waals surface area contributed by atoms with E-state index in [4.69, 9.17) is 9.15 Å². The maximum atomic E-state index is 12.8. The summed E-state index contributed by atoms with van der Waals surface area (Å²) in [6.45, 7) is 3.15. The lowest BCUT2D eigenvalue weighted by Crippen LogP contribution is -2.31. The lowest BCUT2D eigenvalue weighted by molar-refractivity contribution is -0.148. The predicted octanol–water partition coefficient (Wildman–Crippen LogP) is 2.66. The van der Waals surface area contributed by atoms with Crippen LogP contribution >= 0.6 is 0 Å². The van der Waals surface area contributed by atoms with E-state index in [1.807, 2.05) is 18.2 Å². The van der Waals surface area contributed by atoms with Gasteiger partial charge in [-0.15, -0.1) is 0 Å². The molecule has 0 spiro atoms. The van der Waals surface area contributed by atoms with Crippen LogP contribution in [0.4, 0.5) is 5.69 Å². The van der Waals surface area contributed by atoms with Crippen molar-refractivity contribution in [3.63, 3.8) is 0 Å². The van der Waals surface area contributed by atoms with Crippen LogP contribution in [-0.4, -0.2) is 27.3 Å². The highest BCUT2D eigenvalue weighted by molar-refractivity contribution is 5.96. The van der Waals surface area contributed by atoms with Gasteiger partial charge in [-0.3, -0.25) is 14.3 Å². The number of esters is 1. The number of carbonyl (C=O) groups is 2. The Morgan fingerprint density at radius 2 is 1.90 bits per heavy atom. The van der Waals surface area contributed by atoms with Gasteiger partial charge in [-0.05, 0) is 44.2 Å². The maximum absolute atomic E-state index is 12.8. The van der Waals surface area contributed by atoms with Crippen LogP contribution in [0.1, 0.15) is 18.4 Å². The van der Waals surface area contributed by atoms with E-state index in [-0.39, 0.29) is 11.2 Å². The van der Waals surface area contributed by atoms with Crippen LogP contribution in [0.25, 0.3) is 11.8 Å². The van der Waals surface area contributed by atoms with E-state index < -0.39 is 18.0 Å². The molecule has 3 aromatic rings. The Morgan fingerprint density at radius 1 is 1.17 bits per heavy atom. The van der Waals surface area contributed by atoms with Crippen LogP contribution < -0.4 is 10.9 Å². The summed E-state index contributed by atoms with van der Waals surface area (Å²) in [4.78, 5) is 37.2. The molecule has 0 aliphatic heterocycles. The summed E-state index contributed by atoms with van der Waals surface area (Å²) >= 11 is 0. The second kappa shape index (κ2) is 8.47. The van der Waals surface area contributed by atoms with E-state index in [9.17, 15) is 14.4 Å². The summed E-state index contributed by atoms with van der Waals surface area (Å²) in [5.74, 6) is -0.813. The number of benzene rings is 1. The Balaban J connectivity index is 1.72. The van der Waals surface area contributed by atoms with Crippen molar-refractivity contribution < 1.29 is 18.7 Å². The van der Waals surface area contributed by atoms with Gasteiger partial charge in [0.1, 0.15) is 11.4 Å². The molecule has 0 bridgehead atoms. The molecular weight excluding hydrogens is 374 g/mol. The highest BCUT2D eigenvalue weighted by atomic mass is 16.5. The zero-order chi connectivity index (χ0) is 21.0. The Morgan fingerprint density at radius 3 is 2.55 bits per heavy atom. The number of anilines is 1. The van der Waals surface area contributed by atoms with Crippen LogP contribution in [0.15, 0.2) is 64.0 Å². The lowest BCUT2D eigenvalue weighted by atomic mass is 10.3. The standard InChI is InChI=1S/C21H21N3O5/c1-14-19(21(27)24(23(14)3)16-8-5-4-6-9-16)22-20(26)15(2)29-18(25)12-11-17-10-7-13-28-17/h4-13,15H,1-3H3,(H,22,26)/b12-11+/t15-/m0/s1. The van der Waals surface area contributed by atoms with Gasteiger partial charge >= 0.3 is 5.97 Å². The van der Waals surface area contributed by atoms with Crippen molar-refractivity contribution in [2.75, 3.05) is 5.32 Å². The number of para-hydroxylation sites is 1. The molecule has 8 nitrogen and oxygen atoms in total. The predicted molar refractivity (Wildman–Crippen MR) is 108 cm³/mol. The fraction of sp³-hybridized carbons (Fsp3) is 0.190. The van der Waals surface area contributed by atoms with Crippen molar-refractivity contribution in [3.05, 3.63) is 76.6 Å². The summed E-state index contributed by atoms with van der Waals surface area (Å²) in [7, 11) is 1.72. The molecule has 0 unspecified atom stereocenters. The van der Waals surface area contributed by atoms with Gasteiger partial charge in [-0.2, -0.15) is 0 Å². The van der Waals surface area contributed by atoms with E-state index in [1.54, 1.807) is 42.9 Å². The second-order valence-electron chi connectivity index (χ2n) is 6.35. The molecule has 0 aliphatic rings. The van der Waals surface area contributed by atoms with E-state index >= 15 is 0 Å². The van der Waals surface area contributed by atoms with Gasteiger partial charge in [0.25, 0.3) is 11.5 Å². The van der Waals surface area contributed by atoms with Gasteiger partial charge in [0.2, 0.25) is 0 Å². The highest BCUT2D eigenvalue weighted by Crippen LogP contribution is 2.14. The number of nitrogens with zero attached hydrogens (tertiary/aromatic N) is 2. The molecule has 150 valence electrons. The van der Waals surface area contributed by atoms with Crippen molar-refractivity contribution in [2.24, 2.45) is 7.05 Å². The third kappa shape index (κ3) is 4.37. The topological polar surface area (TPSA) is 95.5 Å². The van der Waals surface area contributed by atoms with Gasteiger partial charge in [0, 0.05) is 13.1 Å². The first-order valence-corrected chi connectivity index (χ1v) is 8.95. The summed E-state index contributed by atoms with van der Waals surface area (Å²) in [6, 6.07) is 12.4. The Hall–Kier alpha value is -3.81. The van der Waals surface area contributed by atoms with Crippen LogP contribution in [0.3, 0.4) is 0 Å². The van der Waals surface area contributed by atoms with Crippen molar-refractivity contribution >= 4 is 23.6 Å². The molecule has 0 saturated carbocycles. The number of nitrogens with one attached hydrogen (secondary N) is 1. The fourth-order valence-corrected chi connectivity index (χ4v) is 2.74. The minimum Gasteiger partial charge on any atom is -0.465 e. The smallest absolute Gasteiger partial charge is 0.331 e. The minimum atomic E-state index is -1.09. The zero-order valence-electron chi connectivity index (χ0n) is 16.3. The molecule has 1 atom stereocenters. The third-order valence-corrected chi connectivity index (χ3v) is 4.39. The number of hydrogen-bond acceptors (Lipinski definition) is 5. The minimum absolute atomic E-state index is 0.135. The largest absolute Gasteiger partial charge is 0.465 e. The van der Waals surface area contributed by atoms with Gasteiger partial charge < -0.3 is 14.5 Å².